The number of alkyl carbamates (subject to hydrolysis) is 1. The Kier molecular flexibility index (Phi) is 6.77. The summed E-state index contributed by atoms with van der Waals surface area (Å²) in [5, 5.41) is 5.35. The minimum atomic E-state index is -0.562. The zero-order valence-electron chi connectivity index (χ0n) is 20.0. The Bertz CT molecular complexity index is 1190. The maximum Gasteiger partial charge on any atom is 0.407 e. The Labute approximate surface area is 188 Å². The van der Waals surface area contributed by atoms with Crippen LogP contribution < -0.4 is 15.6 Å². The van der Waals surface area contributed by atoms with E-state index in [-0.39, 0.29) is 11.6 Å². The first-order valence-corrected chi connectivity index (χ1v) is 11.0. The lowest BCUT2D eigenvalue weighted by molar-refractivity contribution is 0.0480. The lowest BCUT2D eigenvalue weighted by atomic mass is 10.0. The van der Waals surface area contributed by atoms with Crippen molar-refractivity contribution in [2.45, 2.75) is 59.6 Å². The van der Waals surface area contributed by atoms with Gasteiger partial charge in [0.05, 0.1) is 16.9 Å². The van der Waals surface area contributed by atoms with Crippen LogP contribution in [0.15, 0.2) is 35.3 Å². The van der Waals surface area contributed by atoms with E-state index in [9.17, 15) is 9.59 Å². The molecule has 0 saturated heterocycles. The summed E-state index contributed by atoms with van der Waals surface area (Å²) >= 11 is 0. The van der Waals surface area contributed by atoms with E-state index in [1.54, 1.807) is 17.8 Å². The lowest BCUT2D eigenvalue weighted by Crippen LogP contribution is -2.42. The normalized spacial score (nSPS) is 12.9. The van der Waals surface area contributed by atoms with Gasteiger partial charge in [0.15, 0.2) is 0 Å². The van der Waals surface area contributed by atoms with E-state index in [0.29, 0.717) is 23.7 Å². The van der Waals surface area contributed by atoms with Crippen LogP contribution >= 0.6 is 0 Å². The molecule has 0 bridgehead atoms. The number of rotatable bonds is 6. The molecule has 0 radical (unpaired) electrons. The number of aryl methyl sites for hydroxylation is 2. The van der Waals surface area contributed by atoms with Crippen molar-refractivity contribution in [3.63, 3.8) is 0 Å². The Morgan fingerprint density at radius 1 is 1.16 bits per heavy atom. The van der Waals surface area contributed by atoms with Crippen LogP contribution in [0.4, 0.5) is 4.79 Å². The number of benzene rings is 1. The number of nitrogens with zero attached hydrogens (tertiary/aromatic N) is 2. The smallest absolute Gasteiger partial charge is 0.407 e. The molecule has 7 heteroatoms. The van der Waals surface area contributed by atoms with Gasteiger partial charge >= 0.3 is 6.09 Å². The van der Waals surface area contributed by atoms with Crippen molar-refractivity contribution in [1.82, 2.24) is 14.9 Å². The van der Waals surface area contributed by atoms with Crippen LogP contribution in [0.3, 0.4) is 0 Å². The molecule has 32 heavy (non-hydrogen) atoms. The molecule has 0 fully saturated rings. The highest BCUT2D eigenvalue weighted by Gasteiger charge is 2.21. The standard InChI is InChI=1S/C25H33N3O4/c1-15(2)10-17(27-24(30)32-25(4,5)6)14-31-18-8-9-19-20-11-16(3)26-13-21(20)23(29)28(7)22(19)12-18/h8-9,11-13,15,17H,10,14H2,1-7H3,(H,27,30)/t17-/m0/s1. The highest BCUT2D eigenvalue weighted by molar-refractivity contribution is 6.05. The molecule has 1 N–H and O–H groups in total. The van der Waals surface area contributed by atoms with E-state index in [0.717, 1.165) is 28.4 Å². The fourth-order valence-corrected chi connectivity index (χ4v) is 3.76. The average molecular weight is 440 g/mol. The molecule has 0 unspecified atom stereocenters. The summed E-state index contributed by atoms with van der Waals surface area (Å²) in [6.07, 6.45) is 1.93. The molecule has 0 aliphatic carbocycles. The molecule has 1 atom stereocenters. The van der Waals surface area contributed by atoms with Crippen LogP contribution in [0.25, 0.3) is 21.7 Å². The topological polar surface area (TPSA) is 82.5 Å². The zero-order valence-corrected chi connectivity index (χ0v) is 20.0. The Balaban J connectivity index is 1.85. The predicted molar refractivity (Wildman–Crippen MR) is 127 cm³/mol. The molecule has 1 amide bonds. The second-order valence-electron chi connectivity index (χ2n) is 9.70. The number of carbonyl (C=O) groups excluding carboxylic acids is 1. The maximum absolute atomic E-state index is 12.8. The van der Waals surface area contributed by atoms with Gasteiger partial charge in [0.2, 0.25) is 0 Å². The van der Waals surface area contributed by atoms with E-state index >= 15 is 0 Å². The van der Waals surface area contributed by atoms with Gasteiger partial charge in [0.1, 0.15) is 18.0 Å². The summed E-state index contributed by atoms with van der Waals surface area (Å²) in [6.45, 7) is 11.9. The summed E-state index contributed by atoms with van der Waals surface area (Å²) < 4.78 is 13.0. The highest BCUT2D eigenvalue weighted by atomic mass is 16.6. The summed E-state index contributed by atoms with van der Waals surface area (Å²) in [5.74, 6) is 1.01. The SMILES string of the molecule is Cc1cc2c(cn1)c(=O)n(C)c1cc(OC[C@H](CC(C)C)NC(=O)OC(C)(C)C)ccc21. The zero-order chi connectivity index (χ0) is 23.6. The van der Waals surface area contributed by atoms with E-state index in [4.69, 9.17) is 9.47 Å². The maximum atomic E-state index is 12.8. The largest absolute Gasteiger partial charge is 0.491 e. The number of hydrogen-bond acceptors (Lipinski definition) is 5. The number of hydrogen-bond donors (Lipinski definition) is 1. The minimum absolute atomic E-state index is 0.0959. The molecular formula is C25H33N3O4. The van der Waals surface area contributed by atoms with Gasteiger partial charge in [-0.15, -0.1) is 0 Å². The van der Waals surface area contributed by atoms with Gasteiger partial charge in [0, 0.05) is 30.4 Å². The lowest BCUT2D eigenvalue weighted by Gasteiger charge is -2.25. The molecule has 0 aliphatic rings. The van der Waals surface area contributed by atoms with Crippen molar-refractivity contribution >= 4 is 27.8 Å². The summed E-state index contributed by atoms with van der Waals surface area (Å²) in [5.41, 5.74) is 0.984. The van der Waals surface area contributed by atoms with Gasteiger partial charge in [0.25, 0.3) is 5.56 Å². The average Bonchev–Trinajstić information content (AvgIpc) is 2.68. The molecule has 172 valence electrons. The van der Waals surface area contributed by atoms with Gasteiger partial charge in [-0.3, -0.25) is 9.78 Å². The minimum Gasteiger partial charge on any atom is -0.491 e. The molecule has 0 spiro atoms. The molecular weight excluding hydrogens is 406 g/mol. The summed E-state index contributed by atoms with van der Waals surface area (Å²) in [6, 6.07) is 7.45. The number of aromatic nitrogens is 2. The first-order chi connectivity index (χ1) is 14.9. The monoisotopic (exact) mass is 439 g/mol. The third-order valence-corrected chi connectivity index (χ3v) is 5.12. The number of amides is 1. The van der Waals surface area contributed by atoms with Crippen molar-refractivity contribution in [3.05, 3.63) is 46.5 Å². The Morgan fingerprint density at radius 2 is 1.88 bits per heavy atom. The van der Waals surface area contributed by atoms with Gasteiger partial charge < -0.3 is 19.4 Å². The second kappa shape index (κ2) is 9.18. The van der Waals surface area contributed by atoms with Crippen molar-refractivity contribution in [2.24, 2.45) is 13.0 Å². The summed E-state index contributed by atoms with van der Waals surface area (Å²) in [4.78, 5) is 29.3. The fraction of sp³-hybridized carbons (Fsp3) is 0.480. The molecule has 3 rings (SSSR count). The highest BCUT2D eigenvalue weighted by Crippen LogP contribution is 2.26. The van der Waals surface area contributed by atoms with Crippen molar-refractivity contribution < 1.29 is 14.3 Å². The van der Waals surface area contributed by atoms with Gasteiger partial charge in [-0.2, -0.15) is 0 Å². The van der Waals surface area contributed by atoms with Gasteiger partial charge in [-0.25, -0.2) is 4.79 Å². The van der Waals surface area contributed by atoms with Gasteiger partial charge in [-0.1, -0.05) is 13.8 Å². The quantitative estimate of drug-likeness (QED) is 0.562. The number of fused-ring (bicyclic) bond motifs is 3. The third-order valence-electron chi connectivity index (χ3n) is 5.12. The number of nitrogens with one attached hydrogen (secondary N) is 1. The number of pyridine rings is 2. The van der Waals surface area contributed by atoms with Crippen molar-refractivity contribution in [2.75, 3.05) is 6.61 Å². The predicted octanol–water partition coefficient (Wildman–Crippen LogP) is 4.71. The van der Waals surface area contributed by atoms with Crippen LogP contribution in [0.5, 0.6) is 5.75 Å². The molecule has 7 nitrogen and oxygen atoms in total. The Morgan fingerprint density at radius 3 is 2.53 bits per heavy atom. The third kappa shape index (κ3) is 5.58. The van der Waals surface area contributed by atoms with E-state index in [1.165, 1.54) is 0 Å². The number of carbonyl (C=O) groups is 1. The first-order valence-electron chi connectivity index (χ1n) is 11.0. The van der Waals surface area contributed by atoms with E-state index < -0.39 is 11.7 Å². The first kappa shape index (κ1) is 23.6. The van der Waals surface area contributed by atoms with Crippen LogP contribution in [0, 0.1) is 12.8 Å². The van der Waals surface area contributed by atoms with Crippen LogP contribution in [-0.2, 0) is 11.8 Å². The van der Waals surface area contributed by atoms with Crippen LogP contribution in [0.1, 0.15) is 46.7 Å². The Hall–Kier alpha value is -3.09. The number of ether oxygens (including phenoxy) is 2. The molecule has 3 aromatic rings. The fourth-order valence-electron chi connectivity index (χ4n) is 3.76. The molecule has 2 aromatic heterocycles. The molecule has 1 aromatic carbocycles. The molecule has 0 saturated carbocycles. The van der Waals surface area contributed by atoms with E-state index in [1.807, 2.05) is 52.0 Å². The van der Waals surface area contributed by atoms with Crippen molar-refractivity contribution in [1.29, 1.82) is 0 Å². The molecule has 0 aliphatic heterocycles. The van der Waals surface area contributed by atoms with Crippen LogP contribution in [0.2, 0.25) is 0 Å². The van der Waals surface area contributed by atoms with Gasteiger partial charge in [-0.05, 0) is 63.6 Å². The van der Waals surface area contributed by atoms with Crippen molar-refractivity contribution in [3.8, 4) is 5.75 Å². The summed E-state index contributed by atoms with van der Waals surface area (Å²) in [7, 11) is 1.75. The van der Waals surface area contributed by atoms with Crippen LogP contribution in [-0.4, -0.2) is 33.9 Å². The van der Waals surface area contributed by atoms with E-state index in [2.05, 4.69) is 24.1 Å². The molecule has 2 heterocycles. The second-order valence-corrected chi connectivity index (χ2v) is 9.70.